The number of hydrogen-bond acceptors (Lipinski definition) is 7. The van der Waals surface area contributed by atoms with Crippen LogP contribution in [0.25, 0.3) is 0 Å². The number of benzene rings is 3. The Bertz CT molecular complexity index is 1530. The first-order chi connectivity index (χ1) is 19.3. The lowest BCUT2D eigenvalue weighted by atomic mass is 9.76. The first-order valence-electron chi connectivity index (χ1n) is 13.0. The van der Waals surface area contributed by atoms with E-state index in [1.54, 1.807) is 43.5 Å². The monoisotopic (exact) mass is 545 g/mol. The van der Waals surface area contributed by atoms with Gasteiger partial charge in [-0.2, -0.15) is 0 Å². The van der Waals surface area contributed by atoms with Crippen molar-refractivity contribution in [3.05, 3.63) is 83.2 Å². The number of phenols is 1. The lowest BCUT2D eigenvalue weighted by Gasteiger charge is -2.29. The van der Waals surface area contributed by atoms with Gasteiger partial charge >= 0.3 is 0 Å². The van der Waals surface area contributed by atoms with Crippen molar-refractivity contribution in [2.75, 3.05) is 26.1 Å². The third kappa shape index (κ3) is 3.90. The number of hydrogen-bond donors (Lipinski definition) is 3. The molecule has 0 aliphatic carbocycles. The van der Waals surface area contributed by atoms with Gasteiger partial charge in [0, 0.05) is 23.8 Å². The summed E-state index contributed by atoms with van der Waals surface area (Å²) >= 11 is 0. The summed E-state index contributed by atoms with van der Waals surface area (Å²) in [7, 11) is 3.07. The van der Waals surface area contributed by atoms with Crippen molar-refractivity contribution >= 4 is 23.4 Å². The number of likely N-dealkylation sites (tertiary alicyclic amines) is 1. The van der Waals surface area contributed by atoms with Crippen LogP contribution >= 0.6 is 0 Å². The minimum absolute atomic E-state index is 0.102. The van der Waals surface area contributed by atoms with Crippen LogP contribution in [0.2, 0.25) is 0 Å². The van der Waals surface area contributed by atoms with Gasteiger partial charge in [0.2, 0.25) is 17.7 Å². The van der Waals surface area contributed by atoms with E-state index in [-0.39, 0.29) is 18.2 Å². The highest BCUT2D eigenvalue weighted by molar-refractivity contribution is 6.15. The Morgan fingerprint density at radius 2 is 1.65 bits per heavy atom. The van der Waals surface area contributed by atoms with Gasteiger partial charge in [0.25, 0.3) is 0 Å². The minimum atomic E-state index is -1.59. The highest BCUT2D eigenvalue weighted by atomic mass is 19.1. The Morgan fingerprint density at radius 3 is 2.38 bits per heavy atom. The van der Waals surface area contributed by atoms with Crippen LogP contribution < -0.4 is 20.1 Å². The number of rotatable bonds is 7. The summed E-state index contributed by atoms with van der Waals surface area (Å²) in [6.45, 7) is 0.111. The van der Waals surface area contributed by atoms with Gasteiger partial charge in [-0.05, 0) is 66.4 Å². The highest BCUT2D eigenvalue weighted by Gasteiger charge is 2.70. The first-order valence-corrected chi connectivity index (χ1v) is 13.0. The van der Waals surface area contributed by atoms with E-state index in [4.69, 9.17) is 9.47 Å². The molecule has 3 N–H and O–H groups in total. The Kier molecular flexibility index (Phi) is 6.22. The lowest BCUT2D eigenvalue weighted by molar-refractivity contribution is -0.142. The number of carbonyl (C=O) groups is 3. The van der Waals surface area contributed by atoms with E-state index in [0.29, 0.717) is 35.6 Å². The molecule has 3 aliphatic rings. The molecule has 3 amide bonds. The predicted octanol–water partition coefficient (Wildman–Crippen LogP) is 2.75. The SMILES string of the molecule is COc1ccc(CCN2C(=O)[C@H]3[C@H](Cc4ccc(O)cc4)N[C@@]4(C(=O)Nc5ccc(F)cc54)[C@@H]3C2=O)cc1OC. The number of fused-ring (bicyclic) bond motifs is 4. The average Bonchev–Trinajstić information content (AvgIpc) is 3.52. The predicted molar refractivity (Wildman–Crippen MR) is 142 cm³/mol. The highest BCUT2D eigenvalue weighted by Crippen LogP contribution is 2.53. The van der Waals surface area contributed by atoms with E-state index in [0.717, 1.165) is 11.1 Å². The fourth-order valence-electron chi connectivity index (χ4n) is 6.39. The van der Waals surface area contributed by atoms with Crippen molar-refractivity contribution in [2.45, 2.75) is 24.4 Å². The molecule has 6 rings (SSSR count). The second-order valence-electron chi connectivity index (χ2n) is 10.3. The summed E-state index contributed by atoms with van der Waals surface area (Å²) in [6.07, 6.45) is 0.696. The van der Waals surface area contributed by atoms with E-state index in [1.165, 1.54) is 30.2 Å². The van der Waals surface area contributed by atoms with Crippen molar-refractivity contribution in [1.29, 1.82) is 0 Å². The molecule has 2 saturated heterocycles. The number of anilines is 1. The molecule has 0 bridgehead atoms. The van der Waals surface area contributed by atoms with Crippen LogP contribution in [0, 0.1) is 17.7 Å². The lowest BCUT2D eigenvalue weighted by Crippen LogP contribution is -2.53. The summed E-state index contributed by atoms with van der Waals surface area (Å²) in [4.78, 5) is 42.7. The molecule has 9 nitrogen and oxygen atoms in total. The van der Waals surface area contributed by atoms with Crippen molar-refractivity contribution in [3.63, 3.8) is 0 Å². The van der Waals surface area contributed by atoms with Gasteiger partial charge in [-0.25, -0.2) is 4.39 Å². The number of methoxy groups -OCH3 is 2. The van der Waals surface area contributed by atoms with Crippen molar-refractivity contribution in [3.8, 4) is 17.2 Å². The fourth-order valence-corrected chi connectivity index (χ4v) is 6.39. The molecule has 3 aliphatic heterocycles. The van der Waals surface area contributed by atoms with Crippen molar-refractivity contribution in [2.24, 2.45) is 11.8 Å². The molecule has 3 heterocycles. The van der Waals surface area contributed by atoms with Crippen LogP contribution in [0.1, 0.15) is 16.7 Å². The first kappa shape index (κ1) is 25.8. The molecule has 40 heavy (non-hydrogen) atoms. The fraction of sp³-hybridized carbons (Fsp3) is 0.300. The minimum Gasteiger partial charge on any atom is -0.508 e. The molecule has 0 radical (unpaired) electrons. The number of nitrogens with one attached hydrogen (secondary N) is 2. The van der Waals surface area contributed by atoms with Gasteiger partial charge in [0.05, 0.1) is 26.1 Å². The summed E-state index contributed by atoms with van der Waals surface area (Å²) in [5.74, 6) is -2.56. The van der Waals surface area contributed by atoms with Crippen molar-refractivity contribution < 1.29 is 33.4 Å². The van der Waals surface area contributed by atoms with Gasteiger partial charge in [-0.3, -0.25) is 24.6 Å². The Hall–Kier alpha value is -4.44. The van der Waals surface area contributed by atoms with E-state index < -0.39 is 41.0 Å². The zero-order valence-electron chi connectivity index (χ0n) is 21.9. The van der Waals surface area contributed by atoms with Gasteiger partial charge < -0.3 is 19.9 Å². The molecule has 3 aromatic rings. The van der Waals surface area contributed by atoms with E-state index >= 15 is 0 Å². The Labute approximate surface area is 229 Å². The number of phenolic OH excluding ortho intramolecular Hbond substituents is 1. The number of carbonyl (C=O) groups excluding carboxylic acids is 3. The molecule has 4 atom stereocenters. The zero-order chi connectivity index (χ0) is 28.2. The smallest absolute Gasteiger partial charge is 0.250 e. The second-order valence-corrected chi connectivity index (χ2v) is 10.3. The number of halogens is 1. The van der Waals surface area contributed by atoms with Crippen LogP contribution in [0.4, 0.5) is 10.1 Å². The molecule has 206 valence electrons. The maximum Gasteiger partial charge on any atom is 0.250 e. The molecule has 0 aromatic heterocycles. The number of ether oxygens (including phenoxy) is 2. The molecule has 10 heteroatoms. The standard InChI is InChI=1S/C30H28FN3O6/c1-39-23-10-5-17(14-24(23)40-2)11-12-34-27(36)25-22(13-16-3-7-19(35)8-4-16)33-30(26(25)28(34)37)20-15-18(31)6-9-21(20)32-29(30)38/h3-10,14-15,22,25-26,33,35H,11-13H2,1-2H3,(H,32,38)/t22-,25-,26-,30+/m0/s1. The van der Waals surface area contributed by atoms with E-state index in [9.17, 15) is 23.9 Å². The largest absolute Gasteiger partial charge is 0.508 e. The molecule has 0 unspecified atom stereocenters. The molecule has 2 fully saturated rings. The number of nitrogens with zero attached hydrogens (tertiary/aromatic N) is 1. The third-order valence-electron chi connectivity index (χ3n) is 8.23. The number of amides is 3. The third-order valence-corrected chi connectivity index (χ3v) is 8.23. The molecule has 0 saturated carbocycles. The van der Waals surface area contributed by atoms with Crippen LogP contribution in [0.15, 0.2) is 60.7 Å². The summed E-state index contributed by atoms with van der Waals surface area (Å²) < 4.78 is 25.1. The molecule has 1 spiro atoms. The zero-order valence-corrected chi connectivity index (χ0v) is 21.9. The number of aromatic hydroxyl groups is 1. The van der Waals surface area contributed by atoms with Crippen LogP contribution in [-0.2, 0) is 32.8 Å². The quantitative estimate of drug-likeness (QED) is 0.391. The Morgan fingerprint density at radius 1 is 0.925 bits per heavy atom. The number of imide groups is 1. The van der Waals surface area contributed by atoms with Gasteiger partial charge in [0.15, 0.2) is 11.5 Å². The van der Waals surface area contributed by atoms with E-state index in [1.807, 2.05) is 6.07 Å². The molecule has 3 aromatic carbocycles. The molecular formula is C30H28FN3O6. The maximum absolute atomic E-state index is 14.5. The Balaban J connectivity index is 1.36. The van der Waals surface area contributed by atoms with Gasteiger partial charge in [-0.1, -0.05) is 18.2 Å². The van der Waals surface area contributed by atoms with E-state index in [2.05, 4.69) is 10.6 Å². The summed E-state index contributed by atoms with van der Waals surface area (Å²) in [5.41, 5.74) is 0.799. The van der Waals surface area contributed by atoms with Gasteiger partial charge in [-0.15, -0.1) is 0 Å². The topological polar surface area (TPSA) is 117 Å². The second kappa shape index (κ2) is 9.63. The van der Waals surface area contributed by atoms with Crippen molar-refractivity contribution in [1.82, 2.24) is 10.2 Å². The molecular weight excluding hydrogens is 517 g/mol. The maximum atomic E-state index is 14.5. The van der Waals surface area contributed by atoms with Crippen LogP contribution in [0.3, 0.4) is 0 Å². The summed E-state index contributed by atoms with van der Waals surface area (Å²) in [6, 6.07) is 15.3. The average molecular weight is 546 g/mol. The van der Waals surface area contributed by atoms with Crippen LogP contribution in [0.5, 0.6) is 17.2 Å². The van der Waals surface area contributed by atoms with Crippen LogP contribution in [-0.4, -0.2) is 54.5 Å². The van der Waals surface area contributed by atoms with Gasteiger partial charge in [0.1, 0.15) is 17.1 Å². The summed E-state index contributed by atoms with van der Waals surface area (Å²) in [5, 5.41) is 15.8. The normalized spacial score (nSPS) is 24.8.